The fraction of sp³-hybridized carbons (Fsp3) is 0.527. The Hall–Kier alpha value is -4.51. The number of likely N-dealkylation sites (tertiary alicyclic amines) is 1. The zero-order valence-corrected chi connectivity index (χ0v) is 44.4. The van der Waals surface area contributed by atoms with Crippen molar-refractivity contribution in [3.8, 4) is 17.2 Å². The van der Waals surface area contributed by atoms with Crippen LogP contribution in [-0.4, -0.2) is 60.7 Å². The average Bonchev–Trinajstić information content (AvgIpc) is 3.76. The Morgan fingerprint density at radius 3 is 1.59 bits per heavy atom. The van der Waals surface area contributed by atoms with E-state index in [1.807, 2.05) is 18.7 Å². The van der Waals surface area contributed by atoms with Crippen molar-refractivity contribution >= 4 is 52.3 Å². The van der Waals surface area contributed by atoms with Gasteiger partial charge in [-0.2, -0.15) is 4.73 Å². The molecule has 1 unspecified atom stereocenters. The van der Waals surface area contributed by atoms with Crippen molar-refractivity contribution in [1.82, 2.24) is 9.63 Å². The van der Waals surface area contributed by atoms with Crippen LogP contribution in [0.3, 0.4) is 0 Å². The second-order valence-corrected chi connectivity index (χ2v) is 21.4. The first-order valence-electron chi connectivity index (χ1n) is 24.0. The molecule has 2 fully saturated rings. The molecular weight excluding hydrogens is 923 g/mol. The van der Waals surface area contributed by atoms with E-state index in [0.717, 1.165) is 55.8 Å². The topological polar surface area (TPSA) is 157 Å². The highest BCUT2D eigenvalue weighted by Crippen LogP contribution is 2.42. The maximum atomic E-state index is 12.4. The van der Waals surface area contributed by atoms with Crippen molar-refractivity contribution < 1.29 is 34.9 Å². The van der Waals surface area contributed by atoms with Crippen molar-refractivity contribution in [3.05, 3.63) is 119 Å². The molecule has 4 aromatic rings. The lowest BCUT2D eigenvalue weighted by atomic mass is 9.67. The number of pyridine rings is 1. The van der Waals surface area contributed by atoms with Crippen LogP contribution in [0.5, 0.6) is 17.2 Å². The number of aromatic nitrogens is 1. The minimum Gasteiger partial charge on any atom is -0.506 e. The molecule has 1 amide bonds. The summed E-state index contributed by atoms with van der Waals surface area (Å²) in [6.07, 6.45) is 8.41. The molecule has 374 valence electrons. The molecule has 2 aliphatic rings. The van der Waals surface area contributed by atoms with Gasteiger partial charge in [-0.25, -0.2) is 0 Å². The van der Waals surface area contributed by atoms with E-state index in [0.29, 0.717) is 99.4 Å². The van der Waals surface area contributed by atoms with Gasteiger partial charge in [0.2, 0.25) is 0 Å². The van der Waals surface area contributed by atoms with Gasteiger partial charge in [-0.05, 0) is 136 Å². The predicted octanol–water partition coefficient (Wildman–Crippen LogP) is 14.0. The van der Waals surface area contributed by atoms with Gasteiger partial charge in [0.15, 0.2) is 17.0 Å². The lowest BCUT2D eigenvalue weighted by Crippen LogP contribution is -2.29. The van der Waals surface area contributed by atoms with Gasteiger partial charge in [-0.15, -0.1) is 0 Å². The van der Waals surface area contributed by atoms with E-state index in [9.17, 15) is 39.7 Å². The summed E-state index contributed by atoms with van der Waals surface area (Å²) in [6.45, 7) is 25.7. The van der Waals surface area contributed by atoms with Crippen LogP contribution in [-0.2, 0) is 6.42 Å². The highest BCUT2D eigenvalue weighted by atomic mass is 35.5. The SMILES string of the molecule is Cc1ccc(C(=O)CC2CC(C(C)C)C2)c(Cl)c1O.Cc1ccc(C(=O)CCCC(C)C)c(Cl)c1O.Cc1ccc(C(=O)N2CCC(C(C)C)C2)c(Cl)c1O.Cc1cn(O)c(CC(C)C)cc1=O. The molecular formula is C55H75Cl3N2O8. The Morgan fingerprint density at radius 2 is 1.13 bits per heavy atom. The van der Waals surface area contributed by atoms with Crippen LogP contribution < -0.4 is 5.43 Å². The number of benzene rings is 3. The third-order valence-corrected chi connectivity index (χ3v) is 14.2. The van der Waals surface area contributed by atoms with Crippen LogP contribution in [0.4, 0.5) is 0 Å². The van der Waals surface area contributed by atoms with Crippen LogP contribution in [0.15, 0.2) is 53.5 Å². The number of ketones is 2. The first kappa shape index (κ1) is 57.8. The Balaban J connectivity index is 0.000000243. The summed E-state index contributed by atoms with van der Waals surface area (Å²) in [5.74, 6) is 4.15. The summed E-state index contributed by atoms with van der Waals surface area (Å²) in [6, 6.07) is 11.8. The smallest absolute Gasteiger partial charge is 0.255 e. The predicted molar refractivity (Wildman–Crippen MR) is 277 cm³/mol. The zero-order chi connectivity index (χ0) is 51.3. The molecule has 0 bridgehead atoms. The van der Waals surface area contributed by atoms with Gasteiger partial charge in [0.1, 0.15) is 17.2 Å². The van der Waals surface area contributed by atoms with Crippen molar-refractivity contribution in [1.29, 1.82) is 0 Å². The van der Waals surface area contributed by atoms with E-state index in [1.54, 1.807) is 64.1 Å². The molecule has 10 nitrogen and oxygen atoms in total. The largest absolute Gasteiger partial charge is 0.506 e. The molecule has 4 N–H and O–H groups in total. The van der Waals surface area contributed by atoms with E-state index in [1.165, 1.54) is 12.3 Å². The number of halogens is 3. The molecule has 1 atom stereocenters. The van der Waals surface area contributed by atoms with Crippen LogP contribution in [0.1, 0.15) is 159 Å². The number of aromatic hydroxyl groups is 3. The monoisotopic (exact) mass is 996 g/mol. The molecule has 1 saturated carbocycles. The Kier molecular flexibility index (Phi) is 22.5. The number of phenols is 3. The highest BCUT2D eigenvalue weighted by molar-refractivity contribution is 6.36. The summed E-state index contributed by atoms with van der Waals surface area (Å²) < 4.78 is 1.04. The third kappa shape index (κ3) is 16.3. The summed E-state index contributed by atoms with van der Waals surface area (Å²) in [4.78, 5) is 49.6. The number of amides is 1. The number of carbonyl (C=O) groups is 3. The molecule has 13 heteroatoms. The van der Waals surface area contributed by atoms with Crippen LogP contribution in [0.25, 0.3) is 0 Å². The maximum Gasteiger partial charge on any atom is 0.255 e. The van der Waals surface area contributed by atoms with Crippen LogP contribution >= 0.6 is 34.8 Å². The minimum atomic E-state index is -0.0801. The number of hydrogen-bond acceptors (Lipinski definition) is 8. The fourth-order valence-electron chi connectivity index (χ4n) is 8.17. The quantitative estimate of drug-likeness (QED) is 0.0762. The van der Waals surface area contributed by atoms with Gasteiger partial charge in [0.05, 0.1) is 32.5 Å². The summed E-state index contributed by atoms with van der Waals surface area (Å²) in [5.41, 5.74) is 4.58. The van der Waals surface area contributed by atoms with Crippen LogP contribution in [0.2, 0.25) is 15.1 Å². The van der Waals surface area contributed by atoms with Gasteiger partial charge >= 0.3 is 0 Å². The number of rotatable bonds is 13. The number of nitrogens with zero attached hydrogens (tertiary/aromatic N) is 2. The number of carbonyl (C=O) groups excluding carboxylic acids is 3. The van der Waals surface area contributed by atoms with Gasteiger partial charge in [-0.1, -0.05) is 115 Å². The fourth-order valence-corrected chi connectivity index (χ4v) is 9.10. The third-order valence-electron chi connectivity index (χ3n) is 13.0. The molecule has 1 saturated heterocycles. The van der Waals surface area contributed by atoms with Crippen molar-refractivity contribution in [3.63, 3.8) is 0 Å². The van der Waals surface area contributed by atoms with Gasteiger partial charge in [0, 0.05) is 48.7 Å². The second-order valence-electron chi connectivity index (χ2n) is 20.3. The summed E-state index contributed by atoms with van der Waals surface area (Å²) in [5, 5.41) is 39.2. The number of aryl methyl sites for hydroxylation is 4. The molecule has 0 radical (unpaired) electrons. The molecule has 1 aliphatic carbocycles. The van der Waals surface area contributed by atoms with E-state index >= 15 is 0 Å². The number of phenolic OH excluding ortho intramolecular Hbond substituents is 3. The van der Waals surface area contributed by atoms with Gasteiger partial charge < -0.3 is 25.4 Å². The molecule has 68 heavy (non-hydrogen) atoms. The standard InChI is InChI=1S/C16H21ClO2.C15H20ClNO2.C14H19ClO2.C10H15NO2/c1-9(2)12-6-11(7-12)8-14(18)13-5-4-10(3)16(19)15(13)17;1-9(2)11-6-7-17(8-11)15(19)12-5-4-10(3)14(18)13(12)16;1-9(2)5-4-6-12(16)11-8-7-10(3)14(17)13(11)15;1-7(2)4-9-5-10(12)8(3)6-11(9)13/h4-5,9,11-12,19H,6-8H2,1-3H3;4-5,9,11,18H,6-8H2,1-3H3;7-9,17H,4-6H2,1-3H3;5-7,13H,4H2,1-3H3. The number of Topliss-reactive ketones (excluding diaryl/α,β-unsaturated/α-hetero) is 2. The normalized spacial score (nSPS) is 16.4. The first-order valence-corrected chi connectivity index (χ1v) is 25.1. The van der Waals surface area contributed by atoms with Gasteiger partial charge in [-0.3, -0.25) is 19.2 Å². The maximum absolute atomic E-state index is 12.4. The van der Waals surface area contributed by atoms with E-state index in [-0.39, 0.29) is 55.2 Å². The van der Waals surface area contributed by atoms with E-state index in [4.69, 9.17) is 34.8 Å². The van der Waals surface area contributed by atoms with Crippen molar-refractivity contribution in [2.45, 2.75) is 134 Å². The highest BCUT2D eigenvalue weighted by Gasteiger charge is 2.33. The first-order chi connectivity index (χ1) is 31.7. The second kappa shape index (κ2) is 26.5. The molecule has 2 heterocycles. The molecule has 0 spiro atoms. The minimum absolute atomic E-state index is 0.00551. The Morgan fingerprint density at radius 1 is 0.662 bits per heavy atom. The summed E-state index contributed by atoms with van der Waals surface area (Å²) >= 11 is 18.1. The van der Waals surface area contributed by atoms with E-state index < -0.39 is 0 Å². The molecule has 1 aliphatic heterocycles. The molecule has 3 aromatic carbocycles. The number of hydrogen-bond donors (Lipinski definition) is 4. The lowest BCUT2D eigenvalue weighted by Gasteiger charge is -2.37. The van der Waals surface area contributed by atoms with E-state index in [2.05, 4.69) is 41.5 Å². The zero-order valence-electron chi connectivity index (χ0n) is 42.2. The van der Waals surface area contributed by atoms with Crippen molar-refractivity contribution in [2.24, 2.45) is 41.4 Å². The van der Waals surface area contributed by atoms with Crippen molar-refractivity contribution in [2.75, 3.05) is 13.1 Å². The lowest BCUT2D eigenvalue weighted by molar-refractivity contribution is 0.0782. The van der Waals surface area contributed by atoms with Gasteiger partial charge in [0.25, 0.3) is 5.91 Å². The Bertz CT molecular complexity index is 2420. The molecule has 6 rings (SSSR count). The average molecular weight is 999 g/mol. The molecule has 1 aromatic heterocycles. The Labute approximate surface area is 419 Å². The van der Waals surface area contributed by atoms with Crippen LogP contribution in [0, 0.1) is 69.1 Å². The summed E-state index contributed by atoms with van der Waals surface area (Å²) in [7, 11) is 0.